The van der Waals surface area contributed by atoms with Gasteiger partial charge in [0.2, 0.25) is 0 Å². The quantitative estimate of drug-likeness (QED) is 0.859. The number of rotatable bonds is 2. The summed E-state index contributed by atoms with van der Waals surface area (Å²) in [5, 5.41) is 6.90. The summed E-state index contributed by atoms with van der Waals surface area (Å²) < 4.78 is 0. The van der Waals surface area contributed by atoms with Gasteiger partial charge in [-0.2, -0.15) is 0 Å². The molecule has 2 N–H and O–H groups in total. The highest BCUT2D eigenvalue weighted by Crippen LogP contribution is 2.41. The van der Waals surface area contributed by atoms with Gasteiger partial charge in [0.1, 0.15) is 0 Å². The summed E-state index contributed by atoms with van der Waals surface area (Å²) in [6.45, 7) is 0.923. The molecule has 3 rings (SSSR count). The smallest absolute Gasteiger partial charge is 0.0649 e. The highest BCUT2D eigenvalue weighted by Gasteiger charge is 2.20. The fourth-order valence-corrected chi connectivity index (χ4v) is 3.38. The second-order valence-corrected chi connectivity index (χ2v) is 5.47. The molecule has 18 heavy (non-hydrogen) atoms. The Balaban J connectivity index is 2.08. The van der Waals surface area contributed by atoms with Crippen LogP contribution in [0.15, 0.2) is 58.3 Å². The van der Waals surface area contributed by atoms with Crippen molar-refractivity contribution in [1.29, 1.82) is 0 Å². The monoisotopic (exact) mass is 256 g/mol. The standard InChI is InChI=1S/C15H16N2S/c1-16-10-13-11-6-2-4-8-14(11)18-15-9-5-3-7-12(15)17-13/h2-9,13,16-17H,10H2,1H3/t13-/m1/s1. The molecule has 1 aliphatic heterocycles. The Kier molecular flexibility index (Phi) is 3.26. The van der Waals surface area contributed by atoms with Crippen molar-refractivity contribution in [2.45, 2.75) is 15.8 Å². The van der Waals surface area contributed by atoms with Gasteiger partial charge in [0.25, 0.3) is 0 Å². The van der Waals surface area contributed by atoms with Crippen LogP contribution in [0.2, 0.25) is 0 Å². The summed E-state index contributed by atoms with van der Waals surface area (Å²) in [4.78, 5) is 2.64. The molecule has 0 amide bonds. The molecule has 0 spiro atoms. The van der Waals surface area contributed by atoms with Crippen LogP contribution in [0.3, 0.4) is 0 Å². The van der Waals surface area contributed by atoms with Crippen LogP contribution >= 0.6 is 11.8 Å². The van der Waals surface area contributed by atoms with E-state index in [-0.39, 0.29) is 0 Å². The van der Waals surface area contributed by atoms with Crippen LogP contribution in [0.5, 0.6) is 0 Å². The average Bonchev–Trinajstić information content (AvgIpc) is 2.56. The van der Waals surface area contributed by atoms with Gasteiger partial charge >= 0.3 is 0 Å². The molecule has 92 valence electrons. The number of hydrogen-bond acceptors (Lipinski definition) is 3. The average molecular weight is 256 g/mol. The van der Waals surface area contributed by atoms with E-state index >= 15 is 0 Å². The zero-order valence-electron chi connectivity index (χ0n) is 10.3. The zero-order chi connectivity index (χ0) is 12.4. The first-order valence-electron chi connectivity index (χ1n) is 6.15. The number of anilines is 1. The van der Waals surface area contributed by atoms with Gasteiger partial charge in [-0.3, -0.25) is 0 Å². The molecule has 1 aliphatic rings. The lowest BCUT2D eigenvalue weighted by molar-refractivity contribution is 0.681. The Morgan fingerprint density at radius 1 is 1.06 bits per heavy atom. The predicted octanol–water partition coefficient (Wildman–Crippen LogP) is 3.52. The summed E-state index contributed by atoms with van der Waals surface area (Å²) in [5.41, 5.74) is 2.59. The second-order valence-electron chi connectivity index (χ2n) is 4.39. The molecule has 0 saturated heterocycles. The maximum absolute atomic E-state index is 3.63. The molecule has 0 fully saturated rings. The first kappa shape index (κ1) is 11.6. The highest BCUT2D eigenvalue weighted by molar-refractivity contribution is 7.99. The number of benzene rings is 2. The van der Waals surface area contributed by atoms with E-state index in [9.17, 15) is 0 Å². The lowest BCUT2D eigenvalue weighted by atomic mass is 10.1. The van der Waals surface area contributed by atoms with Crippen molar-refractivity contribution >= 4 is 17.4 Å². The van der Waals surface area contributed by atoms with Crippen molar-refractivity contribution in [3.63, 3.8) is 0 Å². The molecule has 1 atom stereocenters. The fraction of sp³-hybridized carbons (Fsp3) is 0.200. The third-order valence-electron chi connectivity index (χ3n) is 3.14. The molecule has 0 radical (unpaired) electrons. The van der Waals surface area contributed by atoms with Crippen molar-refractivity contribution in [2.75, 3.05) is 18.9 Å². The minimum absolute atomic E-state index is 0.322. The Morgan fingerprint density at radius 3 is 2.61 bits per heavy atom. The van der Waals surface area contributed by atoms with Crippen LogP contribution in [-0.2, 0) is 0 Å². The Bertz CT molecular complexity index is 554. The van der Waals surface area contributed by atoms with Crippen LogP contribution in [0.4, 0.5) is 5.69 Å². The molecule has 0 aromatic heterocycles. The topological polar surface area (TPSA) is 24.1 Å². The molecular formula is C15H16N2S. The van der Waals surface area contributed by atoms with E-state index in [4.69, 9.17) is 0 Å². The van der Waals surface area contributed by atoms with Gasteiger partial charge in [0, 0.05) is 22.0 Å². The summed E-state index contributed by atoms with van der Waals surface area (Å²) in [5.74, 6) is 0. The van der Waals surface area contributed by atoms with E-state index < -0.39 is 0 Å². The van der Waals surface area contributed by atoms with Crippen LogP contribution in [-0.4, -0.2) is 13.6 Å². The van der Waals surface area contributed by atoms with Gasteiger partial charge in [0.05, 0.1) is 6.04 Å². The SMILES string of the molecule is CNC[C@H]1Nc2ccccc2Sc2ccccc21. The molecule has 3 heteroatoms. The summed E-state index contributed by atoms with van der Waals surface area (Å²) >= 11 is 1.84. The van der Waals surface area contributed by atoms with E-state index in [1.165, 1.54) is 21.0 Å². The molecule has 0 bridgehead atoms. The third-order valence-corrected chi connectivity index (χ3v) is 4.31. The summed E-state index contributed by atoms with van der Waals surface area (Å²) in [7, 11) is 1.99. The van der Waals surface area contributed by atoms with Crippen molar-refractivity contribution in [2.24, 2.45) is 0 Å². The predicted molar refractivity (Wildman–Crippen MR) is 77.3 cm³/mol. The van der Waals surface area contributed by atoms with Crippen LogP contribution in [0, 0.1) is 0 Å². The minimum atomic E-state index is 0.322. The third kappa shape index (κ3) is 2.11. The van der Waals surface area contributed by atoms with Crippen molar-refractivity contribution in [3.05, 3.63) is 54.1 Å². The normalized spacial score (nSPS) is 17.3. The Morgan fingerprint density at radius 2 is 1.78 bits per heavy atom. The molecule has 0 aliphatic carbocycles. The van der Waals surface area contributed by atoms with E-state index in [0.717, 1.165) is 6.54 Å². The molecule has 0 unspecified atom stereocenters. The largest absolute Gasteiger partial charge is 0.376 e. The minimum Gasteiger partial charge on any atom is -0.376 e. The number of hydrogen-bond donors (Lipinski definition) is 2. The van der Waals surface area contributed by atoms with Gasteiger partial charge in [-0.15, -0.1) is 0 Å². The molecule has 2 aromatic carbocycles. The van der Waals surface area contributed by atoms with Gasteiger partial charge in [-0.1, -0.05) is 42.1 Å². The second kappa shape index (κ2) is 5.04. The summed E-state index contributed by atoms with van der Waals surface area (Å²) in [6, 6.07) is 17.4. The number of para-hydroxylation sites is 1. The van der Waals surface area contributed by atoms with Gasteiger partial charge < -0.3 is 10.6 Å². The molecule has 2 nitrogen and oxygen atoms in total. The molecular weight excluding hydrogens is 240 g/mol. The van der Waals surface area contributed by atoms with Crippen LogP contribution < -0.4 is 10.6 Å². The van der Waals surface area contributed by atoms with E-state index in [1.54, 1.807) is 0 Å². The van der Waals surface area contributed by atoms with E-state index in [1.807, 2.05) is 18.8 Å². The van der Waals surface area contributed by atoms with Gasteiger partial charge in [0.15, 0.2) is 0 Å². The number of fused-ring (bicyclic) bond motifs is 2. The van der Waals surface area contributed by atoms with Crippen LogP contribution in [0.25, 0.3) is 0 Å². The maximum atomic E-state index is 3.63. The Labute approximate surface area is 112 Å². The lowest BCUT2D eigenvalue weighted by Gasteiger charge is -2.19. The lowest BCUT2D eigenvalue weighted by Crippen LogP contribution is -2.23. The molecule has 0 saturated carbocycles. The first-order valence-corrected chi connectivity index (χ1v) is 6.97. The van der Waals surface area contributed by atoms with Crippen molar-refractivity contribution in [3.8, 4) is 0 Å². The maximum Gasteiger partial charge on any atom is 0.0649 e. The highest BCUT2D eigenvalue weighted by atomic mass is 32.2. The molecule has 2 aromatic rings. The summed E-state index contributed by atoms with van der Waals surface area (Å²) in [6.07, 6.45) is 0. The first-order chi connectivity index (χ1) is 8.88. The van der Waals surface area contributed by atoms with Gasteiger partial charge in [-0.25, -0.2) is 0 Å². The van der Waals surface area contributed by atoms with Gasteiger partial charge in [-0.05, 0) is 30.8 Å². The van der Waals surface area contributed by atoms with E-state index in [2.05, 4.69) is 59.2 Å². The van der Waals surface area contributed by atoms with Crippen molar-refractivity contribution in [1.82, 2.24) is 5.32 Å². The van der Waals surface area contributed by atoms with Crippen molar-refractivity contribution < 1.29 is 0 Å². The van der Waals surface area contributed by atoms with E-state index in [0.29, 0.717) is 6.04 Å². The fourth-order valence-electron chi connectivity index (χ4n) is 2.29. The van der Waals surface area contributed by atoms with Crippen LogP contribution in [0.1, 0.15) is 11.6 Å². The zero-order valence-corrected chi connectivity index (χ0v) is 11.1. The number of nitrogens with one attached hydrogen (secondary N) is 2. The number of likely N-dealkylation sites (N-methyl/N-ethyl adjacent to an activating group) is 1. The molecule has 1 heterocycles. The Hall–Kier alpha value is -1.45.